The van der Waals surface area contributed by atoms with Gasteiger partial charge in [0.15, 0.2) is 5.79 Å². The monoisotopic (exact) mass is 455 g/mol. The second-order valence-corrected chi connectivity index (χ2v) is 10.2. The highest BCUT2D eigenvalue weighted by atomic mass is 35.6. The Labute approximate surface area is 176 Å². The Morgan fingerprint density at radius 1 is 1.30 bits per heavy atom. The summed E-state index contributed by atoms with van der Waals surface area (Å²) in [5.41, 5.74) is -0.631. The van der Waals surface area contributed by atoms with Crippen molar-refractivity contribution in [3.8, 4) is 0 Å². The molecule has 2 saturated heterocycles. The van der Waals surface area contributed by atoms with Crippen LogP contribution in [0.5, 0.6) is 0 Å². The van der Waals surface area contributed by atoms with Crippen LogP contribution in [0.25, 0.3) is 0 Å². The molecule has 0 saturated carbocycles. The summed E-state index contributed by atoms with van der Waals surface area (Å²) in [6.07, 6.45) is -2.26. The molecule has 0 radical (unpaired) electrons. The molecule has 2 heterocycles. The van der Waals surface area contributed by atoms with Crippen LogP contribution < -0.4 is 5.32 Å². The van der Waals surface area contributed by atoms with Crippen molar-refractivity contribution in [2.45, 2.75) is 58.1 Å². The van der Waals surface area contributed by atoms with Crippen LogP contribution in [0, 0.1) is 0 Å². The molecule has 2 aliphatic heterocycles. The molecule has 3 rings (SSSR count). The van der Waals surface area contributed by atoms with E-state index < -0.39 is 45.3 Å². The molecule has 2 aliphatic rings. The second-order valence-electron chi connectivity index (χ2n) is 6.75. The number of aliphatic hydroxyl groups excluding tert-OH is 1. The van der Waals surface area contributed by atoms with E-state index in [9.17, 15) is 9.90 Å². The van der Waals surface area contributed by atoms with Gasteiger partial charge in [0.1, 0.15) is 23.7 Å². The summed E-state index contributed by atoms with van der Waals surface area (Å²) in [6.45, 7) is 3.75. The molecule has 2 fully saturated rings. The van der Waals surface area contributed by atoms with Gasteiger partial charge in [0.05, 0.1) is 12.6 Å². The van der Waals surface area contributed by atoms with E-state index in [-0.39, 0.29) is 6.61 Å². The molecule has 0 aliphatic carbocycles. The number of amides is 1. The molecular formula is C17H20Cl3NO5S. The van der Waals surface area contributed by atoms with Crippen molar-refractivity contribution in [2.75, 3.05) is 6.61 Å². The topological polar surface area (TPSA) is 77.0 Å². The first-order valence-electron chi connectivity index (χ1n) is 8.31. The zero-order valence-corrected chi connectivity index (χ0v) is 17.7. The van der Waals surface area contributed by atoms with Crippen LogP contribution in [-0.4, -0.2) is 57.0 Å². The summed E-state index contributed by atoms with van der Waals surface area (Å²) >= 11 is 18.4. The quantitative estimate of drug-likeness (QED) is 0.681. The van der Waals surface area contributed by atoms with Gasteiger partial charge in [-0.2, -0.15) is 0 Å². The maximum Gasteiger partial charge on any atom is 0.272 e. The predicted molar refractivity (Wildman–Crippen MR) is 104 cm³/mol. The van der Waals surface area contributed by atoms with E-state index in [0.717, 1.165) is 4.90 Å². The van der Waals surface area contributed by atoms with Gasteiger partial charge in [-0.3, -0.25) is 4.79 Å². The van der Waals surface area contributed by atoms with Crippen molar-refractivity contribution in [2.24, 2.45) is 0 Å². The first-order chi connectivity index (χ1) is 12.6. The molecule has 6 nitrogen and oxygen atoms in total. The lowest BCUT2D eigenvalue weighted by Gasteiger charge is -2.50. The number of carbonyl (C=O) groups is 1. The van der Waals surface area contributed by atoms with Crippen molar-refractivity contribution in [3.05, 3.63) is 30.3 Å². The van der Waals surface area contributed by atoms with Crippen LogP contribution in [0.4, 0.5) is 0 Å². The number of ether oxygens (including phenoxy) is 3. The zero-order valence-electron chi connectivity index (χ0n) is 14.6. The molecule has 27 heavy (non-hydrogen) atoms. The minimum atomic E-state index is -2.16. The lowest BCUT2D eigenvalue weighted by atomic mass is 9.96. The minimum Gasteiger partial charge on any atom is -0.388 e. The Hall–Kier alpha value is -0.250. The number of carbonyl (C=O) groups excluding carboxylic acids is 1. The summed E-state index contributed by atoms with van der Waals surface area (Å²) in [6, 6.07) is 8.61. The summed E-state index contributed by atoms with van der Waals surface area (Å²) < 4.78 is 15.4. The van der Waals surface area contributed by atoms with Gasteiger partial charge in [0, 0.05) is 4.90 Å². The van der Waals surface area contributed by atoms with Gasteiger partial charge in [-0.05, 0) is 26.0 Å². The predicted octanol–water partition coefficient (Wildman–Crippen LogP) is 2.87. The van der Waals surface area contributed by atoms with Gasteiger partial charge in [-0.25, -0.2) is 0 Å². The smallest absolute Gasteiger partial charge is 0.272 e. The van der Waals surface area contributed by atoms with Crippen molar-refractivity contribution < 1.29 is 24.1 Å². The first kappa shape index (κ1) is 21.5. The van der Waals surface area contributed by atoms with E-state index in [1.165, 1.54) is 11.8 Å². The molecule has 10 heteroatoms. The molecule has 0 aromatic heterocycles. The molecule has 3 unspecified atom stereocenters. The van der Waals surface area contributed by atoms with Gasteiger partial charge in [0.2, 0.25) is 0 Å². The van der Waals surface area contributed by atoms with E-state index in [0.29, 0.717) is 0 Å². The van der Waals surface area contributed by atoms with Gasteiger partial charge in [-0.1, -0.05) is 64.8 Å². The molecule has 5 atom stereocenters. The average Bonchev–Trinajstić information content (AvgIpc) is 2.58. The SMILES string of the molecule is CC1(C)OCC2O[C@@H](Sc3ccccc3)C(NC(=O)C(Cl)(Cl)Cl)C(O)[C@@H]2O1. The fourth-order valence-electron chi connectivity index (χ4n) is 2.96. The Morgan fingerprint density at radius 2 is 1.96 bits per heavy atom. The van der Waals surface area contributed by atoms with Crippen LogP contribution >= 0.6 is 46.6 Å². The van der Waals surface area contributed by atoms with Crippen molar-refractivity contribution in [3.63, 3.8) is 0 Å². The molecule has 0 spiro atoms. The number of hydrogen-bond acceptors (Lipinski definition) is 6. The highest BCUT2D eigenvalue weighted by Crippen LogP contribution is 2.38. The number of nitrogens with one attached hydrogen (secondary N) is 1. The number of thioether (sulfide) groups is 1. The molecule has 150 valence electrons. The molecule has 2 N–H and O–H groups in total. The lowest BCUT2D eigenvalue weighted by Crippen LogP contribution is -2.68. The molecule has 0 bridgehead atoms. The number of hydrogen-bond donors (Lipinski definition) is 2. The highest BCUT2D eigenvalue weighted by molar-refractivity contribution is 7.99. The summed E-state index contributed by atoms with van der Waals surface area (Å²) in [4.78, 5) is 13.1. The normalized spacial score (nSPS) is 33.2. The van der Waals surface area contributed by atoms with Gasteiger partial charge < -0.3 is 24.6 Å². The minimum absolute atomic E-state index is 0.256. The van der Waals surface area contributed by atoms with E-state index >= 15 is 0 Å². The third-order valence-corrected chi connectivity index (χ3v) is 5.93. The Kier molecular flexibility index (Phi) is 6.55. The lowest BCUT2D eigenvalue weighted by molar-refractivity contribution is -0.341. The second kappa shape index (κ2) is 8.24. The number of benzene rings is 1. The summed E-state index contributed by atoms with van der Waals surface area (Å²) in [7, 11) is 0. The van der Waals surface area contributed by atoms with Gasteiger partial charge in [-0.15, -0.1) is 0 Å². The van der Waals surface area contributed by atoms with Crippen LogP contribution in [0.3, 0.4) is 0 Å². The van der Waals surface area contributed by atoms with E-state index in [2.05, 4.69) is 5.32 Å². The van der Waals surface area contributed by atoms with Crippen LogP contribution in [-0.2, 0) is 19.0 Å². The molecule has 1 aromatic rings. The maximum atomic E-state index is 12.2. The van der Waals surface area contributed by atoms with Crippen molar-refractivity contribution >= 4 is 52.5 Å². The number of fused-ring (bicyclic) bond motifs is 1. The number of alkyl halides is 3. The third kappa shape index (κ3) is 5.22. The zero-order chi connectivity index (χ0) is 19.8. The molecule has 1 aromatic carbocycles. The van der Waals surface area contributed by atoms with Gasteiger partial charge in [0.25, 0.3) is 9.70 Å². The van der Waals surface area contributed by atoms with Crippen LogP contribution in [0.15, 0.2) is 35.2 Å². The summed E-state index contributed by atoms with van der Waals surface area (Å²) in [5, 5.41) is 13.5. The maximum absolute atomic E-state index is 12.2. The average molecular weight is 457 g/mol. The third-order valence-electron chi connectivity index (χ3n) is 4.24. The first-order valence-corrected chi connectivity index (χ1v) is 10.3. The largest absolute Gasteiger partial charge is 0.388 e. The van der Waals surface area contributed by atoms with Crippen LogP contribution in [0.2, 0.25) is 0 Å². The number of aliphatic hydroxyl groups is 1. The number of halogens is 3. The Bertz CT molecular complexity index is 672. The van der Waals surface area contributed by atoms with E-state index in [4.69, 9.17) is 49.0 Å². The summed E-state index contributed by atoms with van der Waals surface area (Å²) in [5.74, 6) is -1.72. The fraction of sp³-hybridized carbons (Fsp3) is 0.588. The number of rotatable bonds is 3. The van der Waals surface area contributed by atoms with E-state index in [1.54, 1.807) is 13.8 Å². The van der Waals surface area contributed by atoms with Crippen LogP contribution in [0.1, 0.15) is 13.8 Å². The highest BCUT2D eigenvalue weighted by Gasteiger charge is 2.52. The van der Waals surface area contributed by atoms with Gasteiger partial charge >= 0.3 is 0 Å². The Balaban J connectivity index is 1.84. The standard InChI is InChI=1S/C17H20Cl3NO5S/c1-16(2)24-8-10-13(26-16)12(22)11(21-15(23)17(18,19)20)14(25-10)27-9-6-4-3-5-7-9/h3-7,10-14,22H,8H2,1-2H3,(H,21,23)/t10?,11?,12?,13-,14+/m1/s1. The fourth-order valence-corrected chi connectivity index (χ4v) is 4.28. The van der Waals surface area contributed by atoms with E-state index in [1.807, 2.05) is 30.3 Å². The molecular weight excluding hydrogens is 437 g/mol. The van der Waals surface area contributed by atoms with Crippen molar-refractivity contribution in [1.82, 2.24) is 5.32 Å². The molecule has 1 amide bonds. The Morgan fingerprint density at radius 3 is 2.59 bits per heavy atom. The van der Waals surface area contributed by atoms with Crippen molar-refractivity contribution in [1.29, 1.82) is 0 Å².